The van der Waals surface area contributed by atoms with E-state index in [1.165, 1.54) is 0 Å². The van der Waals surface area contributed by atoms with E-state index in [1.807, 2.05) is 0 Å². The first kappa shape index (κ1) is 10.5. The molecule has 0 radical (unpaired) electrons. The Hall–Kier alpha value is -0.570. The predicted octanol–water partition coefficient (Wildman–Crippen LogP) is 2.04. The van der Waals surface area contributed by atoms with Crippen molar-refractivity contribution in [3.05, 3.63) is 35.9 Å². The van der Waals surface area contributed by atoms with Gasteiger partial charge in [-0.15, -0.1) is 0 Å². The van der Waals surface area contributed by atoms with E-state index in [4.69, 9.17) is 28.3 Å². The maximum atomic E-state index is 11.5. The molecule has 0 amide bonds. The first-order valence-corrected chi connectivity index (χ1v) is 4.42. The van der Waals surface area contributed by atoms with Crippen molar-refractivity contribution < 1.29 is 9.90 Å². The predicted molar refractivity (Wildman–Crippen MR) is 52.3 cm³/mol. The second kappa shape index (κ2) is 4.09. The first-order valence-electron chi connectivity index (χ1n) is 3.66. The van der Waals surface area contributed by atoms with E-state index in [9.17, 15) is 4.79 Å². The summed E-state index contributed by atoms with van der Waals surface area (Å²) >= 11 is 11.1. The quantitative estimate of drug-likeness (QED) is 0.623. The van der Waals surface area contributed by atoms with Crippen LogP contribution in [0.15, 0.2) is 30.3 Å². The molecule has 1 aromatic carbocycles. The van der Waals surface area contributed by atoms with Gasteiger partial charge in [0.15, 0.2) is 0 Å². The second-order valence-corrected chi connectivity index (χ2v) is 4.04. The molecule has 1 N–H and O–H groups in total. The Balaban J connectivity index is 2.93. The van der Waals surface area contributed by atoms with E-state index >= 15 is 0 Å². The molecule has 70 valence electrons. The first-order chi connectivity index (χ1) is 6.08. The summed E-state index contributed by atoms with van der Waals surface area (Å²) < 4.78 is -1.73. The van der Waals surface area contributed by atoms with Gasteiger partial charge in [-0.05, 0) is 0 Å². The normalized spacial score (nSPS) is 11.3. The number of carbonyl (C=O) groups is 1. The average molecular weight is 219 g/mol. The van der Waals surface area contributed by atoms with Gasteiger partial charge in [-0.25, -0.2) is 0 Å². The van der Waals surface area contributed by atoms with Crippen LogP contribution in [0, 0.1) is 0 Å². The molecule has 13 heavy (non-hydrogen) atoms. The van der Waals surface area contributed by atoms with Gasteiger partial charge < -0.3 is 5.11 Å². The summed E-state index contributed by atoms with van der Waals surface area (Å²) in [6.45, 7) is -0.593. The number of halogens is 2. The molecule has 0 fully saturated rings. The highest BCUT2D eigenvalue weighted by atomic mass is 35.5. The molecule has 1 rings (SSSR count). The maximum Gasteiger partial charge on any atom is 0.203 e. The third kappa shape index (κ3) is 2.44. The molecule has 0 saturated heterocycles. The number of rotatable bonds is 3. The number of carbonyl (C=O) groups excluding carboxylic acids is 1. The third-order valence-corrected chi connectivity index (χ3v) is 2.15. The molecule has 0 heterocycles. The molecule has 2 nitrogen and oxygen atoms in total. The molecule has 0 unspecified atom stereocenters. The Kier molecular flexibility index (Phi) is 3.31. The SMILES string of the molecule is O=C(c1ccccc1)C(Cl)(Cl)CO. The topological polar surface area (TPSA) is 37.3 Å². The Bertz CT molecular complexity index is 296. The van der Waals surface area contributed by atoms with Crippen LogP contribution in [0.1, 0.15) is 10.4 Å². The summed E-state index contributed by atoms with van der Waals surface area (Å²) in [5.74, 6) is -0.487. The number of Topliss-reactive ketones (excluding diaryl/α,β-unsaturated/α-hetero) is 1. The molecule has 0 aromatic heterocycles. The second-order valence-electron chi connectivity index (χ2n) is 2.56. The molecule has 0 saturated carbocycles. The Morgan fingerprint density at radius 3 is 2.31 bits per heavy atom. The lowest BCUT2D eigenvalue weighted by molar-refractivity contribution is 0.0942. The van der Waals surface area contributed by atoms with Crippen LogP contribution in [0.4, 0.5) is 0 Å². The van der Waals surface area contributed by atoms with Gasteiger partial charge in [-0.2, -0.15) is 0 Å². The van der Waals surface area contributed by atoms with Crippen molar-refractivity contribution in [2.75, 3.05) is 6.61 Å². The number of aliphatic hydroxyl groups is 1. The molecule has 0 aliphatic carbocycles. The van der Waals surface area contributed by atoms with E-state index < -0.39 is 16.7 Å². The summed E-state index contributed by atoms with van der Waals surface area (Å²) in [5.41, 5.74) is 0.390. The van der Waals surface area contributed by atoms with Gasteiger partial charge >= 0.3 is 0 Å². The summed E-state index contributed by atoms with van der Waals surface area (Å²) in [7, 11) is 0. The van der Waals surface area contributed by atoms with Gasteiger partial charge in [0.2, 0.25) is 10.1 Å². The number of aliphatic hydroxyl groups excluding tert-OH is 1. The van der Waals surface area contributed by atoms with Crippen LogP contribution >= 0.6 is 23.2 Å². The largest absolute Gasteiger partial charge is 0.393 e. The molecule has 4 heteroatoms. The van der Waals surface area contributed by atoms with Crippen molar-refractivity contribution in [1.29, 1.82) is 0 Å². The molecule has 0 atom stereocenters. The Morgan fingerprint density at radius 1 is 1.31 bits per heavy atom. The number of ketones is 1. The zero-order chi connectivity index (χ0) is 9.90. The number of alkyl halides is 2. The molecule has 0 aliphatic heterocycles. The third-order valence-electron chi connectivity index (χ3n) is 1.57. The van der Waals surface area contributed by atoms with Crippen molar-refractivity contribution in [1.82, 2.24) is 0 Å². The lowest BCUT2D eigenvalue weighted by atomic mass is 10.1. The van der Waals surface area contributed by atoms with Crippen LogP contribution in [-0.2, 0) is 0 Å². The van der Waals surface area contributed by atoms with Gasteiger partial charge in [0.05, 0.1) is 6.61 Å². The monoisotopic (exact) mass is 218 g/mol. The smallest absolute Gasteiger partial charge is 0.203 e. The molecular formula is C9H8Cl2O2. The van der Waals surface area contributed by atoms with Crippen LogP contribution in [0.3, 0.4) is 0 Å². The molecule has 0 spiro atoms. The summed E-state index contributed by atoms with van der Waals surface area (Å²) in [6, 6.07) is 8.37. The summed E-state index contributed by atoms with van der Waals surface area (Å²) in [6.07, 6.45) is 0. The number of hydrogen-bond donors (Lipinski definition) is 1. The molecule has 0 bridgehead atoms. The fraction of sp³-hybridized carbons (Fsp3) is 0.222. The minimum absolute atomic E-state index is 0.390. The highest BCUT2D eigenvalue weighted by Gasteiger charge is 2.33. The molecule has 1 aromatic rings. The fourth-order valence-electron chi connectivity index (χ4n) is 0.873. The van der Waals surface area contributed by atoms with Gasteiger partial charge in [0.25, 0.3) is 0 Å². The minimum Gasteiger partial charge on any atom is -0.393 e. The highest BCUT2D eigenvalue weighted by molar-refractivity contribution is 6.60. The van der Waals surface area contributed by atoms with E-state index in [1.54, 1.807) is 30.3 Å². The lowest BCUT2D eigenvalue weighted by Crippen LogP contribution is -2.30. The summed E-state index contributed by atoms with van der Waals surface area (Å²) in [5, 5.41) is 8.74. The minimum atomic E-state index is -1.73. The van der Waals surface area contributed by atoms with Crippen LogP contribution in [0.2, 0.25) is 0 Å². The van der Waals surface area contributed by atoms with Gasteiger partial charge in [-0.3, -0.25) is 4.79 Å². The standard InChI is InChI=1S/C9H8Cl2O2/c10-9(11,6-12)8(13)7-4-2-1-3-5-7/h1-5,12H,6H2. The van der Waals surface area contributed by atoms with Crippen molar-refractivity contribution in [2.24, 2.45) is 0 Å². The van der Waals surface area contributed by atoms with Crippen LogP contribution in [0.5, 0.6) is 0 Å². The van der Waals surface area contributed by atoms with Crippen molar-refractivity contribution in [2.45, 2.75) is 4.33 Å². The van der Waals surface area contributed by atoms with Crippen molar-refractivity contribution >= 4 is 29.0 Å². The van der Waals surface area contributed by atoms with E-state index in [-0.39, 0.29) is 0 Å². The molecular weight excluding hydrogens is 211 g/mol. The number of hydrogen-bond acceptors (Lipinski definition) is 2. The highest BCUT2D eigenvalue weighted by Crippen LogP contribution is 2.25. The van der Waals surface area contributed by atoms with Gasteiger partial charge in [-0.1, -0.05) is 53.5 Å². The lowest BCUT2D eigenvalue weighted by Gasteiger charge is -2.14. The van der Waals surface area contributed by atoms with Crippen molar-refractivity contribution in [3.63, 3.8) is 0 Å². The van der Waals surface area contributed by atoms with Crippen LogP contribution in [0.25, 0.3) is 0 Å². The maximum absolute atomic E-state index is 11.5. The zero-order valence-corrected chi connectivity index (χ0v) is 8.22. The van der Waals surface area contributed by atoms with E-state index in [2.05, 4.69) is 0 Å². The summed E-state index contributed by atoms with van der Waals surface area (Å²) in [4.78, 5) is 11.5. The zero-order valence-electron chi connectivity index (χ0n) is 6.71. The Morgan fingerprint density at radius 2 is 1.85 bits per heavy atom. The van der Waals surface area contributed by atoms with E-state index in [0.717, 1.165) is 0 Å². The van der Waals surface area contributed by atoms with Crippen molar-refractivity contribution in [3.8, 4) is 0 Å². The number of benzene rings is 1. The van der Waals surface area contributed by atoms with Gasteiger partial charge in [0.1, 0.15) is 0 Å². The van der Waals surface area contributed by atoms with Crippen LogP contribution in [-0.4, -0.2) is 21.8 Å². The van der Waals surface area contributed by atoms with Crippen LogP contribution < -0.4 is 0 Å². The average Bonchev–Trinajstić information content (AvgIpc) is 2.18. The molecule has 0 aliphatic rings. The fourth-order valence-corrected chi connectivity index (χ4v) is 1.09. The van der Waals surface area contributed by atoms with E-state index in [0.29, 0.717) is 5.56 Å². The Labute approximate surface area is 86.1 Å². The van der Waals surface area contributed by atoms with Gasteiger partial charge in [0, 0.05) is 5.56 Å².